The third-order valence-electron chi connectivity index (χ3n) is 4.75. The first-order chi connectivity index (χ1) is 14.3. The summed E-state index contributed by atoms with van der Waals surface area (Å²) in [6.07, 6.45) is 0. The van der Waals surface area contributed by atoms with Crippen molar-refractivity contribution in [3.63, 3.8) is 0 Å². The summed E-state index contributed by atoms with van der Waals surface area (Å²) >= 11 is 12.2. The Labute approximate surface area is 207 Å². The molecule has 7 heteroatoms. The molecule has 0 saturated heterocycles. The predicted octanol–water partition coefficient (Wildman–Crippen LogP) is 8.15. The van der Waals surface area contributed by atoms with Crippen LogP contribution in [0, 0.1) is 5.92 Å². The second-order valence-corrected chi connectivity index (χ2v) is 11.4. The normalized spacial score (nSPS) is 13.3. The van der Waals surface area contributed by atoms with E-state index < -0.39 is 0 Å². The Morgan fingerprint density at radius 1 is 1.00 bits per heavy atom. The summed E-state index contributed by atoms with van der Waals surface area (Å²) in [5.41, 5.74) is 2.85. The van der Waals surface area contributed by atoms with Crippen LogP contribution >= 0.6 is 59.1 Å². The van der Waals surface area contributed by atoms with Gasteiger partial charge in [-0.05, 0) is 36.1 Å². The molecule has 30 heavy (non-hydrogen) atoms. The molecule has 2 aromatic carbocycles. The van der Waals surface area contributed by atoms with E-state index in [4.69, 9.17) is 4.98 Å². The molecule has 0 radical (unpaired) electrons. The Kier molecular flexibility index (Phi) is 8.30. The zero-order valence-corrected chi connectivity index (χ0v) is 22.5. The van der Waals surface area contributed by atoms with Crippen LogP contribution in [0.3, 0.4) is 0 Å². The number of hydrogen-bond acceptors (Lipinski definition) is 4. The lowest BCUT2D eigenvalue weighted by atomic mass is 9.99. The maximum atomic E-state index is 12.8. The minimum absolute atomic E-state index is 0.0920. The van der Waals surface area contributed by atoms with E-state index in [1.807, 2.05) is 36.4 Å². The van der Waals surface area contributed by atoms with Gasteiger partial charge in [0.25, 0.3) is 0 Å². The molecule has 3 rings (SSSR count). The summed E-state index contributed by atoms with van der Waals surface area (Å²) in [4.78, 5) is 18.6. The first-order valence-corrected chi connectivity index (χ1v) is 13.0. The first-order valence-electron chi connectivity index (χ1n) is 9.70. The van der Waals surface area contributed by atoms with Crippen LogP contribution in [0.5, 0.6) is 0 Å². The second kappa shape index (κ2) is 10.5. The average Bonchev–Trinajstić information content (AvgIpc) is 3.16. The van der Waals surface area contributed by atoms with E-state index >= 15 is 0 Å². The van der Waals surface area contributed by atoms with Gasteiger partial charge >= 0.3 is 0 Å². The summed E-state index contributed by atoms with van der Waals surface area (Å²) in [5, 5.41) is 4.33. The lowest BCUT2D eigenvalue weighted by Crippen LogP contribution is -2.27. The number of hydrogen-bond donors (Lipinski definition) is 1. The number of halogens is 3. The van der Waals surface area contributed by atoms with Crippen LogP contribution in [0.1, 0.15) is 41.9 Å². The SMILES string of the molecule is CC(C)c1sc(NCC(C)C(Br)C(=O)c2ccc(Br)cc2)nc1-c1ccc(Br)cc1. The molecular formula is C23H23Br3N2OS. The molecule has 1 N–H and O–H groups in total. The fourth-order valence-electron chi connectivity index (χ4n) is 3.00. The van der Waals surface area contributed by atoms with Gasteiger partial charge in [-0.2, -0.15) is 0 Å². The maximum Gasteiger partial charge on any atom is 0.183 e. The Morgan fingerprint density at radius 2 is 1.57 bits per heavy atom. The van der Waals surface area contributed by atoms with Crippen LogP contribution in [0.2, 0.25) is 0 Å². The zero-order valence-electron chi connectivity index (χ0n) is 17.0. The van der Waals surface area contributed by atoms with Gasteiger partial charge < -0.3 is 5.32 Å². The molecular weight excluding hydrogens is 592 g/mol. The monoisotopic (exact) mass is 612 g/mol. The van der Waals surface area contributed by atoms with Crippen LogP contribution in [0.15, 0.2) is 57.5 Å². The number of thiazole rings is 1. The van der Waals surface area contributed by atoms with Crippen LogP contribution < -0.4 is 5.32 Å². The number of alkyl halides is 1. The highest BCUT2D eigenvalue weighted by molar-refractivity contribution is 9.10. The van der Waals surface area contributed by atoms with Crippen molar-refractivity contribution >= 4 is 70.0 Å². The highest BCUT2D eigenvalue weighted by Gasteiger charge is 2.24. The van der Waals surface area contributed by atoms with Crippen LogP contribution in [-0.2, 0) is 0 Å². The number of ketones is 1. The Morgan fingerprint density at radius 3 is 2.13 bits per heavy atom. The predicted molar refractivity (Wildman–Crippen MR) is 138 cm³/mol. The Balaban J connectivity index is 1.70. The topological polar surface area (TPSA) is 42.0 Å². The molecule has 1 heterocycles. The molecule has 0 bridgehead atoms. The average molecular weight is 615 g/mol. The summed E-state index contributed by atoms with van der Waals surface area (Å²) in [5.74, 6) is 0.579. The highest BCUT2D eigenvalue weighted by Crippen LogP contribution is 2.36. The van der Waals surface area contributed by atoms with Gasteiger partial charge in [-0.15, -0.1) is 11.3 Å². The van der Waals surface area contributed by atoms with Crippen LogP contribution in [0.25, 0.3) is 11.3 Å². The van der Waals surface area contributed by atoms with Gasteiger partial charge in [-0.25, -0.2) is 4.98 Å². The van der Waals surface area contributed by atoms with Crippen molar-refractivity contribution in [2.75, 3.05) is 11.9 Å². The molecule has 0 aliphatic rings. The maximum absolute atomic E-state index is 12.8. The van der Waals surface area contributed by atoms with E-state index in [9.17, 15) is 4.79 Å². The fourth-order valence-corrected chi connectivity index (χ4v) is 4.97. The number of carbonyl (C=O) groups is 1. The van der Waals surface area contributed by atoms with Gasteiger partial charge in [-0.1, -0.05) is 92.8 Å². The summed E-state index contributed by atoms with van der Waals surface area (Å²) < 4.78 is 2.02. The van der Waals surface area contributed by atoms with Crippen LogP contribution in [-0.4, -0.2) is 22.1 Å². The molecule has 3 aromatic rings. The second-order valence-electron chi connectivity index (χ2n) is 7.52. The van der Waals surface area contributed by atoms with E-state index in [1.165, 1.54) is 4.88 Å². The number of rotatable bonds is 8. The lowest BCUT2D eigenvalue weighted by molar-refractivity contribution is 0.0977. The molecule has 0 fully saturated rings. The molecule has 0 saturated carbocycles. The van der Waals surface area contributed by atoms with Crippen molar-refractivity contribution in [2.24, 2.45) is 5.92 Å². The molecule has 1 aromatic heterocycles. The summed E-state index contributed by atoms with van der Waals surface area (Å²) in [6, 6.07) is 15.7. The van der Waals surface area contributed by atoms with E-state index in [1.54, 1.807) is 11.3 Å². The zero-order chi connectivity index (χ0) is 21.8. The number of anilines is 1. The summed E-state index contributed by atoms with van der Waals surface area (Å²) in [7, 11) is 0. The Hall–Kier alpha value is -1.02. The molecule has 2 atom stereocenters. The van der Waals surface area contributed by atoms with Crippen molar-refractivity contribution in [1.29, 1.82) is 0 Å². The largest absolute Gasteiger partial charge is 0.361 e. The first kappa shape index (κ1) is 23.6. The fraction of sp³-hybridized carbons (Fsp3) is 0.304. The number of benzene rings is 2. The van der Waals surface area contributed by atoms with Gasteiger partial charge in [0.15, 0.2) is 10.9 Å². The van der Waals surface area contributed by atoms with E-state index in [0.29, 0.717) is 18.0 Å². The smallest absolute Gasteiger partial charge is 0.183 e. The molecule has 3 nitrogen and oxygen atoms in total. The van der Waals surface area contributed by atoms with Crippen molar-refractivity contribution in [3.8, 4) is 11.3 Å². The number of nitrogens with zero attached hydrogens (tertiary/aromatic N) is 1. The van der Waals surface area contributed by atoms with Crippen molar-refractivity contribution in [2.45, 2.75) is 31.5 Å². The number of carbonyl (C=O) groups excluding carboxylic acids is 1. The third kappa shape index (κ3) is 5.81. The molecule has 158 valence electrons. The van der Waals surface area contributed by atoms with E-state index in [2.05, 4.69) is 86.0 Å². The molecule has 0 spiro atoms. The molecule has 2 unspecified atom stereocenters. The van der Waals surface area contributed by atoms with Gasteiger partial charge in [0.2, 0.25) is 0 Å². The number of Topliss-reactive ketones (excluding diaryl/α,β-unsaturated/α-hetero) is 1. The highest BCUT2D eigenvalue weighted by atomic mass is 79.9. The summed E-state index contributed by atoms with van der Waals surface area (Å²) in [6.45, 7) is 7.10. The number of nitrogens with one attached hydrogen (secondary N) is 1. The van der Waals surface area contributed by atoms with Gasteiger partial charge in [0.05, 0.1) is 10.5 Å². The molecule has 0 amide bonds. The molecule has 0 aliphatic carbocycles. The Bertz CT molecular complexity index is 1000. The van der Waals surface area contributed by atoms with E-state index in [0.717, 1.165) is 25.3 Å². The standard InChI is InChI=1S/C23H23Br3N2OS/c1-13(2)22-20(15-4-8-17(24)9-5-15)28-23(30-22)27-12-14(3)19(26)21(29)16-6-10-18(25)11-7-16/h4-11,13-14,19H,12H2,1-3H3,(H,27,28). The van der Waals surface area contributed by atoms with Gasteiger partial charge in [-0.3, -0.25) is 4.79 Å². The van der Waals surface area contributed by atoms with Crippen LogP contribution in [0.4, 0.5) is 5.13 Å². The minimum Gasteiger partial charge on any atom is -0.361 e. The molecule has 0 aliphatic heterocycles. The van der Waals surface area contributed by atoms with E-state index in [-0.39, 0.29) is 16.5 Å². The quantitative estimate of drug-likeness (QED) is 0.206. The van der Waals surface area contributed by atoms with Gasteiger partial charge in [0.1, 0.15) is 0 Å². The number of aromatic nitrogens is 1. The van der Waals surface area contributed by atoms with Crippen molar-refractivity contribution in [1.82, 2.24) is 4.98 Å². The van der Waals surface area contributed by atoms with Crippen molar-refractivity contribution < 1.29 is 4.79 Å². The van der Waals surface area contributed by atoms with Crippen molar-refractivity contribution in [3.05, 3.63) is 67.9 Å². The third-order valence-corrected chi connectivity index (χ3v) is 8.44. The lowest BCUT2D eigenvalue weighted by Gasteiger charge is -2.17. The van der Waals surface area contributed by atoms with Gasteiger partial charge in [0, 0.05) is 31.5 Å². The minimum atomic E-state index is -0.262.